The number of hydrogen-bond donors (Lipinski definition) is 0. The number of halogens is 1. The van der Waals surface area contributed by atoms with E-state index in [4.69, 9.17) is 4.74 Å². The summed E-state index contributed by atoms with van der Waals surface area (Å²) in [5.74, 6) is 0.811. The molecule has 2 fully saturated rings. The summed E-state index contributed by atoms with van der Waals surface area (Å²) in [6, 6.07) is 0. The third-order valence-electron chi connectivity index (χ3n) is 4.08. The summed E-state index contributed by atoms with van der Waals surface area (Å²) in [6.45, 7) is 12.3. The van der Waals surface area contributed by atoms with Gasteiger partial charge in [-0.15, -0.1) is 0 Å². The van der Waals surface area contributed by atoms with Crippen molar-refractivity contribution in [2.24, 2.45) is 5.92 Å². The maximum absolute atomic E-state index is 5.88. The van der Waals surface area contributed by atoms with Gasteiger partial charge < -0.3 is 4.74 Å². The van der Waals surface area contributed by atoms with Crippen LogP contribution in [0, 0.1) is 5.92 Å². The lowest BCUT2D eigenvalue weighted by molar-refractivity contribution is -0.0445. The normalized spacial score (nSPS) is 37.2. The molecule has 0 aliphatic carbocycles. The molecule has 0 aromatic rings. The fourth-order valence-corrected chi connectivity index (χ4v) is 3.39. The monoisotopic (exact) mass is 304 g/mol. The Hall–Kier alpha value is 0.360. The fourth-order valence-electron chi connectivity index (χ4n) is 2.72. The molecule has 3 nitrogen and oxygen atoms in total. The lowest BCUT2D eigenvalue weighted by atomic mass is 9.99. The van der Waals surface area contributed by atoms with Gasteiger partial charge in [-0.3, -0.25) is 9.80 Å². The lowest BCUT2D eigenvalue weighted by Crippen LogP contribution is -2.50. The molecule has 2 saturated heterocycles. The third-order valence-corrected chi connectivity index (χ3v) is 5.27. The van der Waals surface area contributed by atoms with Gasteiger partial charge in [-0.2, -0.15) is 0 Å². The second-order valence-electron chi connectivity index (χ2n) is 5.43. The number of nitrogens with zero attached hydrogens (tertiary/aromatic N) is 2. The van der Waals surface area contributed by atoms with Crippen molar-refractivity contribution >= 4 is 15.9 Å². The van der Waals surface area contributed by atoms with Gasteiger partial charge in [0.2, 0.25) is 0 Å². The smallest absolute Gasteiger partial charge is 0.0829 e. The number of hydrogen-bond acceptors (Lipinski definition) is 3. The summed E-state index contributed by atoms with van der Waals surface area (Å²) in [4.78, 5) is 5.71. The Bertz CT molecular complexity index is 235. The van der Waals surface area contributed by atoms with E-state index in [2.05, 4.69) is 39.6 Å². The van der Waals surface area contributed by atoms with E-state index in [1.165, 1.54) is 19.5 Å². The van der Waals surface area contributed by atoms with Crippen molar-refractivity contribution in [2.75, 3.05) is 45.9 Å². The molecule has 0 radical (unpaired) electrons. The maximum atomic E-state index is 5.88. The van der Waals surface area contributed by atoms with Crippen molar-refractivity contribution in [3.8, 4) is 0 Å². The van der Waals surface area contributed by atoms with Crippen molar-refractivity contribution in [3.63, 3.8) is 0 Å². The van der Waals surface area contributed by atoms with Crippen LogP contribution in [-0.2, 0) is 4.74 Å². The number of ether oxygens (including phenoxy) is 1. The zero-order chi connectivity index (χ0) is 12.3. The SMILES string of the molecule is CCN1CCOC(CN2CCC(C)C(Br)C2)C1. The van der Waals surface area contributed by atoms with E-state index >= 15 is 0 Å². The average Bonchev–Trinajstić information content (AvgIpc) is 2.34. The van der Waals surface area contributed by atoms with Gasteiger partial charge in [0.25, 0.3) is 0 Å². The van der Waals surface area contributed by atoms with Gasteiger partial charge in [0, 0.05) is 31.0 Å². The molecule has 100 valence electrons. The Labute approximate surface area is 114 Å². The standard InChI is InChI=1S/C13H25BrN2O/c1-3-15-6-7-17-12(8-15)9-16-5-4-11(2)13(14)10-16/h11-13H,3-10H2,1-2H3. The van der Waals surface area contributed by atoms with Gasteiger partial charge in [-0.25, -0.2) is 0 Å². The predicted molar refractivity (Wildman–Crippen MR) is 74.8 cm³/mol. The molecular formula is C13H25BrN2O. The molecule has 0 amide bonds. The summed E-state index contributed by atoms with van der Waals surface area (Å²) in [5.41, 5.74) is 0. The van der Waals surface area contributed by atoms with Crippen LogP contribution in [0.1, 0.15) is 20.3 Å². The van der Waals surface area contributed by atoms with Crippen molar-refractivity contribution in [1.29, 1.82) is 0 Å². The first kappa shape index (κ1) is 13.8. The molecule has 0 saturated carbocycles. The zero-order valence-electron chi connectivity index (χ0n) is 11.1. The van der Waals surface area contributed by atoms with E-state index in [1.54, 1.807) is 0 Å². The molecule has 2 aliphatic rings. The van der Waals surface area contributed by atoms with E-state index in [0.29, 0.717) is 10.9 Å². The van der Waals surface area contributed by atoms with Gasteiger partial charge in [0.05, 0.1) is 12.7 Å². The van der Waals surface area contributed by atoms with Gasteiger partial charge in [-0.1, -0.05) is 29.8 Å². The first-order chi connectivity index (χ1) is 8.19. The molecule has 4 heteroatoms. The molecule has 0 aromatic carbocycles. The second-order valence-corrected chi connectivity index (χ2v) is 6.60. The highest BCUT2D eigenvalue weighted by Gasteiger charge is 2.27. The van der Waals surface area contributed by atoms with E-state index in [1.807, 2.05) is 0 Å². The minimum absolute atomic E-state index is 0.414. The van der Waals surface area contributed by atoms with E-state index in [-0.39, 0.29) is 0 Å². The van der Waals surface area contributed by atoms with Gasteiger partial charge in [-0.05, 0) is 25.4 Å². The van der Waals surface area contributed by atoms with E-state index in [0.717, 1.165) is 38.7 Å². The highest BCUT2D eigenvalue weighted by Crippen LogP contribution is 2.23. The Kier molecular flexibility index (Phi) is 5.27. The Morgan fingerprint density at radius 1 is 1.24 bits per heavy atom. The molecule has 2 aliphatic heterocycles. The molecule has 0 aromatic heterocycles. The summed E-state index contributed by atoms with van der Waals surface area (Å²) < 4.78 is 5.88. The summed E-state index contributed by atoms with van der Waals surface area (Å²) in [7, 11) is 0. The van der Waals surface area contributed by atoms with Crippen LogP contribution < -0.4 is 0 Å². The summed E-state index contributed by atoms with van der Waals surface area (Å²) >= 11 is 3.79. The van der Waals surface area contributed by atoms with E-state index in [9.17, 15) is 0 Å². The highest BCUT2D eigenvalue weighted by molar-refractivity contribution is 9.09. The molecule has 0 bridgehead atoms. The van der Waals surface area contributed by atoms with Crippen LogP contribution in [0.15, 0.2) is 0 Å². The molecule has 17 heavy (non-hydrogen) atoms. The minimum Gasteiger partial charge on any atom is -0.374 e. The number of morpholine rings is 1. The molecule has 0 spiro atoms. The van der Waals surface area contributed by atoms with Crippen LogP contribution in [0.3, 0.4) is 0 Å². The summed E-state index contributed by atoms with van der Waals surface area (Å²) in [5, 5.41) is 0. The second kappa shape index (κ2) is 6.50. The molecule has 2 heterocycles. The quantitative estimate of drug-likeness (QED) is 0.740. The van der Waals surface area contributed by atoms with E-state index < -0.39 is 0 Å². The molecular weight excluding hydrogens is 280 g/mol. The average molecular weight is 305 g/mol. The predicted octanol–water partition coefficient (Wildman–Crippen LogP) is 1.81. The first-order valence-electron chi connectivity index (χ1n) is 6.89. The highest BCUT2D eigenvalue weighted by atomic mass is 79.9. The number of likely N-dealkylation sites (tertiary alicyclic amines) is 1. The maximum Gasteiger partial charge on any atom is 0.0829 e. The number of likely N-dealkylation sites (N-methyl/N-ethyl adjacent to an activating group) is 1. The molecule has 3 atom stereocenters. The Morgan fingerprint density at radius 3 is 2.76 bits per heavy atom. The third kappa shape index (κ3) is 3.91. The van der Waals surface area contributed by atoms with Crippen LogP contribution in [0.25, 0.3) is 0 Å². The summed E-state index contributed by atoms with van der Waals surface area (Å²) in [6.07, 6.45) is 1.72. The molecule has 3 unspecified atom stereocenters. The Balaban J connectivity index is 1.76. The number of rotatable bonds is 3. The van der Waals surface area contributed by atoms with Crippen LogP contribution in [0.2, 0.25) is 0 Å². The van der Waals surface area contributed by atoms with Gasteiger partial charge in [0.1, 0.15) is 0 Å². The molecule has 2 rings (SSSR count). The van der Waals surface area contributed by atoms with Crippen LogP contribution in [-0.4, -0.2) is 66.6 Å². The first-order valence-corrected chi connectivity index (χ1v) is 7.81. The van der Waals surface area contributed by atoms with Crippen LogP contribution >= 0.6 is 15.9 Å². The number of piperidine rings is 1. The van der Waals surface area contributed by atoms with Gasteiger partial charge >= 0.3 is 0 Å². The van der Waals surface area contributed by atoms with Crippen molar-refractivity contribution < 1.29 is 4.74 Å². The van der Waals surface area contributed by atoms with Crippen LogP contribution in [0.4, 0.5) is 0 Å². The van der Waals surface area contributed by atoms with Crippen molar-refractivity contribution in [3.05, 3.63) is 0 Å². The fraction of sp³-hybridized carbons (Fsp3) is 1.00. The van der Waals surface area contributed by atoms with Crippen molar-refractivity contribution in [1.82, 2.24) is 9.80 Å². The van der Waals surface area contributed by atoms with Crippen molar-refractivity contribution in [2.45, 2.75) is 31.2 Å². The van der Waals surface area contributed by atoms with Gasteiger partial charge in [0.15, 0.2) is 0 Å². The lowest BCUT2D eigenvalue weighted by Gasteiger charge is -2.39. The Morgan fingerprint density at radius 2 is 2.06 bits per heavy atom. The topological polar surface area (TPSA) is 15.7 Å². The van der Waals surface area contributed by atoms with Crippen LogP contribution in [0.5, 0.6) is 0 Å². The minimum atomic E-state index is 0.414. The number of alkyl halides is 1. The largest absolute Gasteiger partial charge is 0.374 e. The zero-order valence-corrected chi connectivity index (χ0v) is 12.7. The molecule has 0 N–H and O–H groups in total.